The summed E-state index contributed by atoms with van der Waals surface area (Å²) >= 11 is 5.94. The Kier molecular flexibility index (Phi) is 7.19. The molecule has 1 saturated heterocycles. The smallest absolute Gasteiger partial charge is 0.253 e. The Morgan fingerprint density at radius 1 is 1.00 bits per heavy atom. The van der Waals surface area contributed by atoms with Crippen molar-refractivity contribution in [1.29, 1.82) is 0 Å². The second-order valence-electron chi connectivity index (χ2n) is 8.71. The highest BCUT2D eigenvalue weighted by molar-refractivity contribution is 6.30. The molecule has 0 aliphatic carbocycles. The van der Waals surface area contributed by atoms with Crippen molar-refractivity contribution in [3.63, 3.8) is 0 Å². The second-order valence-corrected chi connectivity index (χ2v) is 9.14. The maximum atomic E-state index is 13.2. The number of hydrogen-bond donors (Lipinski definition) is 1. The number of hydrogen-bond acceptors (Lipinski definition) is 2. The topological polar surface area (TPSA) is 49.4 Å². The van der Waals surface area contributed by atoms with Gasteiger partial charge in [0.1, 0.15) is 0 Å². The summed E-state index contributed by atoms with van der Waals surface area (Å²) in [5.74, 6) is 0.366. The molecule has 1 fully saturated rings. The van der Waals surface area contributed by atoms with Crippen LogP contribution in [0.3, 0.4) is 0 Å². The number of carbonyl (C=O) groups is 2. The van der Waals surface area contributed by atoms with Crippen LogP contribution >= 0.6 is 11.6 Å². The summed E-state index contributed by atoms with van der Waals surface area (Å²) in [5.41, 5.74) is 3.85. The Balaban J connectivity index is 1.76. The van der Waals surface area contributed by atoms with E-state index < -0.39 is 0 Å². The second kappa shape index (κ2) is 9.65. The van der Waals surface area contributed by atoms with Crippen LogP contribution in [0.1, 0.15) is 73.9 Å². The maximum absolute atomic E-state index is 13.2. The highest BCUT2D eigenvalue weighted by Crippen LogP contribution is 2.33. The van der Waals surface area contributed by atoms with Crippen LogP contribution in [-0.2, 0) is 4.79 Å². The summed E-state index contributed by atoms with van der Waals surface area (Å²) in [6, 6.07) is 13.2. The van der Waals surface area contributed by atoms with Crippen molar-refractivity contribution < 1.29 is 9.59 Å². The van der Waals surface area contributed by atoms with Gasteiger partial charge in [0.05, 0.1) is 5.92 Å². The van der Waals surface area contributed by atoms with Crippen LogP contribution in [-0.4, -0.2) is 29.8 Å². The Labute approximate surface area is 184 Å². The van der Waals surface area contributed by atoms with Crippen LogP contribution in [0.25, 0.3) is 0 Å². The van der Waals surface area contributed by atoms with E-state index in [1.165, 1.54) is 0 Å². The number of benzene rings is 2. The molecule has 1 atom stereocenters. The molecule has 1 N–H and O–H groups in total. The largest absolute Gasteiger partial charge is 0.338 e. The first-order valence-electron chi connectivity index (χ1n) is 10.8. The predicted molar refractivity (Wildman–Crippen MR) is 123 cm³/mol. The predicted octanol–water partition coefficient (Wildman–Crippen LogP) is 6.08. The van der Waals surface area contributed by atoms with E-state index in [9.17, 15) is 9.59 Å². The summed E-state index contributed by atoms with van der Waals surface area (Å²) in [7, 11) is 0. The lowest BCUT2D eigenvalue weighted by Gasteiger charge is -2.32. The van der Waals surface area contributed by atoms with Crippen LogP contribution < -0.4 is 5.32 Å². The van der Waals surface area contributed by atoms with Gasteiger partial charge in [0.15, 0.2) is 0 Å². The molecule has 0 spiro atoms. The number of anilines is 1. The van der Waals surface area contributed by atoms with E-state index in [0.717, 1.165) is 29.7 Å². The molecule has 0 bridgehead atoms. The van der Waals surface area contributed by atoms with Crippen molar-refractivity contribution >= 4 is 29.1 Å². The fourth-order valence-corrected chi connectivity index (χ4v) is 4.20. The molecule has 1 aliphatic heterocycles. The molecule has 0 radical (unpaired) electrons. The van der Waals surface area contributed by atoms with Gasteiger partial charge < -0.3 is 10.2 Å². The molecule has 1 heterocycles. The molecule has 1 unspecified atom stereocenters. The zero-order chi connectivity index (χ0) is 21.8. The van der Waals surface area contributed by atoms with Gasteiger partial charge in [-0.25, -0.2) is 0 Å². The number of nitrogens with zero attached hydrogens (tertiary/aromatic N) is 1. The molecule has 2 aromatic rings. The molecule has 2 amide bonds. The quantitative estimate of drug-likeness (QED) is 0.629. The molecule has 1 aliphatic rings. The number of nitrogens with one attached hydrogen (secondary N) is 1. The first-order valence-corrected chi connectivity index (χ1v) is 11.1. The van der Waals surface area contributed by atoms with E-state index in [2.05, 4.69) is 51.2 Å². The maximum Gasteiger partial charge on any atom is 0.253 e. The zero-order valence-corrected chi connectivity index (χ0v) is 19.0. The summed E-state index contributed by atoms with van der Waals surface area (Å²) in [6.07, 6.45) is 1.61. The van der Waals surface area contributed by atoms with E-state index >= 15 is 0 Å². The van der Waals surface area contributed by atoms with Gasteiger partial charge in [-0.3, -0.25) is 9.59 Å². The fourth-order valence-electron chi connectivity index (χ4n) is 4.07. The van der Waals surface area contributed by atoms with Crippen molar-refractivity contribution in [3.05, 3.63) is 64.2 Å². The number of rotatable bonds is 5. The Morgan fingerprint density at radius 2 is 1.60 bits per heavy atom. The summed E-state index contributed by atoms with van der Waals surface area (Å²) in [6.45, 7) is 9.67. The molecular formula is C25H31ClN2O2. The highest BCUT2D eigenvalue weighted by atomic mass is 35.5. The van der Waals surface area contributed by atoms with E-state index in [4.69, 9.17) is 11.6 Å². The zero-order valence-electron chi connectivity index (χ0n) is 18.2. The van der Waals surface area contributed by atoms with Crippen molar-refractivity contribution in [2.24, 2.45) is 5.92 Å². The third-order valence-electron chi connectivity index (χ3n) is 5.79. The molecular weight excluding hydrogens is 396 g/mol. The monoisotopic (exact) mass is 426 g/mol. The Bertz CT molecular complexity index is 880. The van der Waals surface area contributed by atoms with Crippen molar-refractivity contribution in [2.75, 3.05) is 18.4 Å². The first-order chi connectivity index (χ1) is 14.3. The van der Waals surface area contributed by atoms with Crippen LogP contribution in [0.4, 0.5) is 5.69 Å². The van der Waals surface area contributed by atoms with Crippen LogP contribution in [0, 0.1) is 5.92 Å². The average Bonchev–Trinajstić information content (AvgIpc) is 2.73. The molecule has 5 heteroatoms. The van der Waals surface area contributed by atoms with Crippen molar-refractivity contribution in [2.45, 2.75) is 52.4 Å². The van der Waals surface area contributed by atoms with E-state index in [-0.39, 0.29) is 17.7 Å². The minimum Gasteiger partial charge on any atom is -0.338 e. The van der Waals surface area contributed by atoms with E-state index in [1.54, 1.807) is 29.2 Å². The lowest BCUT2D eigenvalue weighted by atomic mass is 9.91. The molecule has 2 aromatic carbocycles. The van der Waals surface area contributed by atoms with Gasteiger partial charge in [0.25, 0.3) is 5.91 Å². The number of amides is 2. The standard InChI is InChI=1S/C25H31ClN2O2/c1-16(2)21-8-5-9-22(17(3)4)23(21)27-24(29)19-7-6-14-28(15-19)25(30)18-10-12-20(26)13-11-18/h5,8-13,16-17,19H,6-7,14-15H2,1-4H3,(H,27,29). The fraction of sp³-hybridized carbons (Fsp3) is 0.440. The van der Waals surface area contributed by atoms with Gasteiger partial charge in [-0.1, -0.05) is 57.5 Å². The minimum absolute atomic E-state index is 0.00129. The molecule has 4 nitrogen and oxygen atoms in total. The number of para-hydroxylation sites is 1. The van der Waals surface area contributed by atoms with Gasteiger partial charge in [-0.2, -0.15) is 0 Å². The van der Waals surface area contributed by atoms with Gasteiger partial charge in [0.2, 0.25) is 5.91 Å². The molecule has 160 valence electrons. The van der Waals surface area contributed by atoms with E-state index in [0.29, 0.717) is 35.5 Å². The number of likely N-dealkylation sites (tertiary alicyclic amines) is 1. The normalized spacial score (nSPS) is 16.8. The molecule has 30 heavy (non-hydrogen) atoms. The van der Waals surface area contributed by atoms with Crippen molar-refractivity contribution in [1.82, 2.24) is 4.90 Å². The molecule has 0 aromatic heterocycles. The lowest BCUT2D eigenvalue weighted by molar-refractivity contribution is -0.121. The van der Waals surface area contributed by atoms with Gasteiger partial charge in [0, 0.05) is 29.4 Å². The Morgan fingerprint density at radius 3 is 2.17 bits per heavy atom. The van der Waals surface area contributed by atoms with Crippen LogP contribution in [0.15, 0.2) is 42.5 Å². The number of piperidine rings is 1. The van der Waals surface area contributed by atoms with Gasteiger partial charge in [-0.15, -0.1) is 0 Å². The number of halogens is 1. The Hall–Kier alpha value is -2.33. The van der Waals surface area contributed by atoms with Gasteiger partial charge >= 0.3 is 0 Å². The van der Waals surface area contributed by atoms with Crippen LogP contribution in [0.5, 0.6) is 0 Å². The first kappa shape index (κ1) is 22.4. The SMILES string of the molecule is CC(C)c1cccc(C(C)C)c1NC(=O)C1CCCN(C(=O)c2ccc(Cl)cc2)C1. The average molecular weight is 427 g/mol. The van der Waals surface area contributed by atoms with Gasteiger partial charge in [-0.05, 0) is 60.1 Å². The molecule has 3 rings (SSSR count). The molecule has 0 saturated carbocycles. The summed E-state index contributed by atoms with van der Waals surface area (Å²) < 4.78 is 0. The lowest BCUT2D eigenvalue weighted by Crippen LogP contribution is -2.43. The van der Waals surface area contributed by atoms with Crippen molar-refractivity contribution in [3.8, 4) is 0 Å². The van der Waals surface area contributed by atoms with E-state index in [1.807, 2.05) is 0 Å². The minimum atomic E-state index is -0.213. The van der Waals surface area contributed by atoms with Crippen LogP contribution in [0.2, 0.25) is 5.02 Å². The summed E-state index contributed by atoms with van der Waals surface area (Å²) in [5, 5.41) is 3.83. The third-order valence-corrected chi connectivity index (χ3v) is 6.04. The number of carbonyl (C=O) groups excluding carboxylic acids is 2. The highest BCUT2D eigenvalue weighted by Gasteiger charge is 2.30. The summed E-state index contributed by atoms with van der Waals surface area (Å²) in [4.78, 5) is 27.9. The third kappa shape index (κ3) is 5.04.